The van der Waals surface area contributed by atoms with Crippen LogP contribution in [0.5, 0.6) is 5.75 Å². The van der Waals surface area contributed by atoms with E-state index in [1.165, 1.54) is 6.07 Å². The Bertz CT molecular complexity index is 448. The fraction of sp³-hybridized carbons (Fsp3) is 0.333. The SMILES string of the molecule is N#Cc1ncc([N+](=O)[O-])cc1OC1CC1. The number of hydrogen-bond donors (Lipinski definition) is 0. The Morgan fingerprint density at radius 2 is 2.40 bits per heavy atom. The molecule has 0 aliphatic heterocycles. The number of nitro groups is 1. The Balaban J connectivity index is 2.33. The molecule has 0 N–H and O–H groups in total. The monoisotopic (exact) mass is 205 g/mol. The van der Waals surface area contributed by atoms with Crippen LogP contribution in [0.3, 0.4) is 0 Å². The Morgan fingerprint density at radius 3 is 2.93 bits per heavy atom. The van der Waals surface area contributed by atoms with Gasteiger partial charge in [-0.25, -0.2) is 4.98 Å². The molecule has 0 radical (unpaired) electrons. The molecule has 0 aromatic carbocycles. The molecular weight excluding hydrogens is 198 g/mol. The van der Waals surface area contributed by atoms with Gasteiger partial charge in [0.15, 0.2) is 11.4 Å². The highest BCUT2D eigenvalue weighted by Crippen LogP contribution is 2.30. The van der Waals surface area contributed by atoms with Gasteiger partial charge in [-0.1, -0.05) is 0 Å². The van der Waals surface area contributed by atoms with E-state index in [0.717, 1.165) is 19.0 Å². The maximum Gasteiger partial charge on any atom is 0.291 e. The first-order valence-corrected chi connectivity index (χ1v) is 4.42. The van der Waals surface area contributed by atoms with Gasteiger partial charge < -0.3 is 4.74 Å². The van der Waals surface area contributed by atoms with Gasteiger partial charge in [-0.15, -0.1) is 0 Å². The van der Waals surface area contributed by atoms with E-state index in [2.05, 4.69) is 4.98 Å². The number of hydrogen-bond acceptors (Lipinski definition) is 5. The average Bonchev–Trinajstić information content (AvgIpc) is 3.01. The summed E-state index contributed by atoms with van der Waals surface area (Å²) in [6.45, 7) is 0. The van der Waals surface area contributed by atoms with Gasteiger partial charge in [-0.2, -0.15) is 5.26 Å². The van der Waals surface area contributed by atoms with Crippen molar-refractivity contribution in [2.75, 3.05) is 0 Å². The Hall–Kier alpha value is -2.16. The Morgan fingerprint density at radius 1 is 1.67 bits per heavy atom. The van der Waals surface area contributed by atoms with Gasteiger partial charge >= 0.3 is 0 Å². The maximum absolute atomic E-state index is 10.5. The quantitative estimate of drug-likeness (QED) is 0.549. The van der Waals surface area contributed by atoms with E-state index in [4.69, 9.17) is 10.00 Å². The fourth-order valence-electron chi connectivity index (χ4n) is 1.07. The number of aromatic nitrogens is 1. The van der Waals surface area contributed by atoms with Crippen LogP contribution in [0.15, 0.2) is 12.3 Å². The molecule has 15 heavy (non-hydrogen) atoms. The summed E-state index contributed by atoms with van der Waals surface area (Å²) in [4.78, 5) is 13.6. The van der Waals surface area contributed by atoms with Crippen LogP contribution < -0.4 is 4.74 Å². The second-order valence-corrected chi connectivity index (χ2v) is 3.23. The molecule has 1 heterocycles. The minimum Gasteiger partial charge on any atom is -0.487 e. The zero-order valence-electron chi connectivity index (χ0n) is 7.71. The summed E-state index contributed by atoms with van der Waals surface area (Å²) in [5.41, 5.74) is -0.0721. The first kappa shape index (κ1) is 9.40. The Labute approximate surface area is 85.3 Å². The van der Waals surface area contributed by atoms with Crippen molar-refractivity contribution in [3.05, 3.63) is 28.1 Å². The van der Waals surface area contributed by atoms with Crippen molar-refractivity contribution < 1.29 is 9.66 Å². The topological polar surface area (TPSA) is 89.0 Å². The summed E-state index contributed by atoms with van der Waals surface area (Å²) in [7, 11) is 0. The van der Waals surface area contributed by atoms with E-state index in [9.17, 15) is 10.1 Å². The van der Waals surface area contributed by atoms with Gasteiger partial charge in [0.1, 0.15) is 12.3 Å². The van der Waals surface area contributed by atoms with Crippen LogP contribution in [0, 0.1) is 21.4 Å². The molecule has 1 saturated carbocycles. The molecule has 1 aliphatic carbocycles. The van der Waals surface area contributed by atoms with Crippen molar-refractivity contribution in [2.24, 2.45) is 0 Å². The molecule has 1 aromatic rings. The highest BCUT2D eigenvalue weighted by atomic mass is 16.6. The average molecular weight is 205 g/mol. The van der Waals surface area contributed by atoms with Crippen molar-refractivity contribution in [3.8, 4) is 11.8 Å². The van der Waals surface area contributed by atoms with E-state index < -0.39 is 4.92 Å². The van der Waals surface area contributed by atoms with Gasteiger partial charge in [-0.3, -0.25) is 10.1 Å². The number of pyridine rings is 1. The van der Waals surface area contributed by atoms with Gasteiger partial charge in [0, 0.05) is 0 Å². The number of nitrogens with zero attached hydrogens (tertiary/aromatic N) is 3. The molecule has 0 saturated heterocycles. The lowest BCUT2D eigenvalue weighted by atomic mass is 10.3. The molecule has 1 fully saturated rings. The van der Waals surface area contributed by atoms with Crippen LogP contribution >= 0.6 is 0 Å². The van der Waals surface area contributed by atoms with Crippen LogP contribution in [-0.2, 0) is 0 Å². The van der Waals surface area contributed by atoms with Crippen LogP contribution in [0.1, 0.15) is 18.5 Å². The van der Waals surface area contributed by atoms with Gasteiger partial charge in [0.2, 0.25) is 0 Å². The third kappa shape index (κ3) is 2.02. The second kappa shape index (κ2) is 3.53. The van der Waals surface area contributed by atoms with Crippen LogP contribution in [0.4, 0.5) is 5.69 Å². The lowest BCUT2D eigenvalue weighted by molar-refractivity contribution is -0.385. The molecule has 0 unspecified atom stereocenters. The summed E-state index contributed by atoms with van der Waals surface area (Å²) >= 11 is 0. The molecule has 6 heteroatoms. The van der Waals surface area contributed by atoms with Crippen molar-refractivity contribution in [1.82, 2.24) is 4.98 Å². The normalized spacial score (nSPS) is 14.3. The van der Waals surface area contributed by atoms with E-state index >= 15 is 0 Å². The van der Waals surface area contributed by atoms with Crippen molar-refractivity contribution in [1.29, 1.82) is 5.26 Å². The molecule has 0 amide bonds. The zero-order chi connectivity index (χ0) is 10.8. The number of rotatable bonds is 3. The standard InChI is InChI=1S/C9H7N3O3/c10-4-8-9(15-7-1-2-7)3-6(5-11-8)12(13)14/h3,5,7H,1-2H2. The van der Waals surface area contributed by atoms with Crippen molar-refractivity contribution in [2.45, 2.75) is 18.9 Å². The van der Waals surface area contributed by atoms with Crippen LogP contribution in [-0.4, -0.2) is 16.0 Å². The lowest BCUT2D eigenvalue weighted by Crippen LogP contribution is -2.01. The first-order valence-electron chi connectivity index (χ1n) is 4.42. The van der Waals surface area contributed by atoms with Crippen molar-refractivity contribution >= 4 is 5.69 Å². The third-order valence-electron chi connectivity index (χ3n) is 1.97. The summed E-state index contributed by atoms with van der Waals surface area (Å²) in [5.74, 6) is 0.203. The van der Waals surface area contributed by atoms with Gasteiger partial charge in [0.05, 0.1) is 17.1 Å². The second-order valence-electron chi connectivity index (χ2n) is 3.23. The summed E-state index contributed by atoms with van der Waals surface area (Å²) in [5, 5.41) is 19.2. The van der Waals surface area contributed by atoms with Crippen molar-refractivity contribution in [3.63, 3.8) is 0 Å². The largest absolute Gasteiger partial charge is 0.487 e. The smallest absolute Gasteiger partial charge is 0.291 e. The minimum absolute atomic E-state index is 0.0842. The van der Waals surface area contributed by atoms with E-state index in [0.29, 0.717) is 0 Å². The molecule has 6 nitrogen and oxygen atoms in total. The van der Waals surface area contributed by atoms with E-state index in [-0.39, 0.29) is 23.2 Å². The van der Waals surface area contributed by atoms with E-state index in [1.807, 2.05) is 6.07 Å². The fourth-order valence-corrected chi connectivity index (χ4v) is 1.07. The molecule has 2 rings (SSSR count). The van der Waals surface area contributed by atoms with Gasteiger partial charge in [0.25, 0.3) is 5.69 Å². The molecule has 1 aliphatic rings. The predicted molar refractivity (Wildman–Crippen MR) is 49.3 cm³/mol. The zero-order valence-corrected chi connectivity index (χ0v) is 7.71. The summed E-state index contributed by atoms with van der Waals surface area (Å²) in [6.07, 6.45) is 2.99. The molecule has 1 aromatic heterocycles. The molecule has 76 valence electrons. The van der Waals surface area contributed by atoms with Crippen LogP contribution in [0.25, 0.3) is 0 Å². The molecule has 0 bridgehead atoms. The molecule has 0 atom stereocenters. The van der Waals surface area contributed by atoms with E-state index in [1.54, 1.807) is 0 Å². The molecular formula is C9H7N3O3. The summed E-state index contributed by atoms with van der Waals surface area (Å²) < 4.78 is 5.35. The third-order valence-corrected chi connectivity index (χ3v) is 1.97. The minimum atomic E-state index is -0.562. The maximum atomic E-state index is 10.5. The Kier molecular flexibility index (Phi) is 2.21. The first-order chi connectivity index (χ1) is 7.20. The predicted octanol–water partition coefficient (Wildman–Crippen LogP) is 1.40. The van der Waals surface area contributed by atoms with Gasteiger partial charge in [-0.05, 0) is 12.8 Å². The number of nitriles is 1. The number of ether oxygens (including phenoxy) is 1. The highest BCUT2D eigenvalue weighted by molar-refractivity contribution is 5.44. The van der Waals surface area contributed by atoms with Crippen LogP contribution in [0.2, 0.25) is 0 Å². The lowest BCUT2D eigenvalue weighted by Gasteiger charge is -2.04. The summed E-state index contributed by atoms with van der Waals surface area (Å²) in [6, 6.07) is 3.08. The highest BCUT2D eigenvalue weighted by Gasteiger charge is 2.26. The molecule has 0 spiro atoms.